The predicted molar refractivity (Wildman–Crippen MR) is 130 cm³/mol. The van der Waals surface area contributed by atoms with Crippen molar-refractivity contribution in [1.82, 2.24) is 15.0 Å². The summed E-state index contributed by atoms with van der Waals surface area (Å²) in [6.07, 6.45) is 12.1. The van der Waals surface area contributed by atoms with Gasteiger partial charge in [-0.15, -0.1) is 0 Å². The second kappa shape index (κ2) is 10.8. The summed E-state index contributed by atoms with van der Waals surface area (Å²) in [5, 5.41) is 4.21. The minimum Gasteiger partial charge on any atom is -0.351 e. The van der Waals surface area contributed by atoms with Gasteiger partial charge >= 0.3 is 0 Å². The van der Waals surface area contributed by atoms with Crippen molar-refractivity contribution in [2.45, 2.75) is 62.8 Å². The Labute approximate surface area is 193 Å². The molecule has 0 amide bonds. The quantitative estimate of drug-likeness (QED) is 0.380. The molecule has 0 unspecified atom stereocenters. The van der Waals surface area contributed by atoms with Crippen LogP contribution in [0.25, 0.3) is 0 Å². The predicted octanol–water partition coefficient (Wildman–Crippen LogP) is 6.48. The van der Waals surface area contributed by atoms with Crippen molar-refractivity contribution >= 4 is 35.3 Å². The maximum absolute atomic E-state index is 6.21. The lowest BCUT2D eigenvalue weighted by molar-refractivity contribution is 0.461. The lowest BCUT2D eigenvalue weighted by Gasteiger charge is -2.22. The van der Waals surface area contributed by atoms with Crippen LogP contribution in [0.2, 0.25) is 5.02 Å². The van der Waals surface area contributed by atoms with Crippen molar-refractivity contribution in [1.29, 1.82) is 0 Å². The van der Waals surface area contributed by atoms with E-state index in [9.17, 15) is 0 Å². The van der Waals surface area contributed by atoms with Gasteiger partial charge < -0.3 is 10.0 Å². The standard InChI is InChI=1S/C24H28ClN5S/c1-17-19(13-14-23(28-17)30-31-22-10-6-5-9-21(22)25)12-11-18-15-26-24(27-16-18)29-20-7-3-2-4-8-20/h5-6,9-10,13-16,20H,2-4,7-8,11-12H2,1H3,(H,28,30)(H,26,27,29). The molecule has 1 saturated carbocycles. The molecule has 162 valence electrons. The first-order valence-corrected chi connectivity index (χ1v) is 12.1. The highest BCUT2D eigenvalue weighted by Gasteiger charge is 2.14. The maximum Gasteiger partial charge on any atom is 0.222 e. The van der Waals surface area contributed by atoms with Gasteiger partial charge in [0.1, 0.15) is 5.82 Å². The zero-order valence-corrected chi connectivity index (χ0v) is 19.3. The van der Waals surface area contributed by atoms with Crippen LogP contribution in [0.4, 0.5) is 11.8 Å². The monoisotopic (exact) mass is 453 g/mol. The summed E-state index contributed by atoms with van der Waals surface area (Å²) in [4.78, 5) is 14.7. The molecule has 2 heterocycles. The Balaban J connectivity index is 1.28. The molecule has 0 bridgehead atoms. The Kier molecular flexibility index (Phi) is 7.65. The molecule has 3 aromatic rings. The van der Waals surface area contributed by atoms with Crippen molar-refractivity contribution in [3.63, 3.8) is 0 Å². The lowest BCUT2D eigenvalue weighted by Crippen LogP contribution is -2.23. The number of nitrogens with zero attached hydrogens (tertiary/aromatic N) is 3. The maximum atomic E-state index is 6.21. The first kappa shape index (κ1) is 21.9. The number of aromatic nitrogens is 3. The van der Waals surface area contributed by atoms with Gasteiger partial charge in [0, 0.05) is 29.0 Å². The molecule has 1 aliphatic carbocycles. The SMILES string of the molecule is Cc1nc(NSc2ccccc2Cl)ccc1CCc1cnc(NC2CCCCC2)nc1. The zero-order chi connectivity index (χ0) is 21.5. The molecule has 0 spiro atoms. The van der Waals surface area contributed by atoms with Crippen LogP contribution in [0.5, 0.6) is 0 Å². The molecule has 1 aliphatic rings. The van der Waals surface area contributed by atoms with E-state index in [2.05, 4.69) is 26.1 Å². The molecule has 31 heavy (non-hydrogen) atoms. The van der Waals surface area contributed by atoms with Gasteiger partial charge in [-0.05, 0) is 73.9 Å². The number of anilines is 2. The number of hydrogen-bond acceptors (Lipinski definition) is 6. The van der Waals surface area contributed by atoms with Crippen LogP contribution >= 0.6 is 23.5 Å². The highest BCUT2D eigenvalue weighted by atomic mass is 35.5. The number of hydrogen-bond donors (Lipinski definition) is 2. The molecule has 7 heteroatoms. The van der Waals surface area contributed by atoms with Gasteiger partial charge in [-0.2, -0.15) is 0 Å². The van der Waals surface area contributed by atoms with Crippen LogP contribution in [0.15, 0.2) is 53.7 Å². The van der Waals surface area contributed by atoms with Gasteiger partial charge in [-0.25, -0.2) is 15.0 Å². The van der Waals surface area contributed by atoms with Crippen LogP contribution in [0, 0.1) is 6.92 Å². The van der Waals surface area contributed by atoms with E-state index in [1.54, 1.807) is 0 Å². The molecule has 0 radical (unpaired) electrons. The Morgan fingerprint density at radius 1 is 1.00 bits per heavy atom. The Hall–Kier alpha value is -2.31. The molecule has 4 rings (SSSR count). The molecule has 1 fully saturated rings. The summed E-state index contributed by atoms with van der Waals surface area (Å²) >= 11 is 7.68. The third-order valence-electron chi connectivity index (χ3n) is 5.62. The van der Waals surface area contributed by atoms with Gasteiger partial charge in [0.05, 0.1) is 5.02 Å². The van der Waals surface area contributed by atoms with Gasteiger partial charge in [0.2, 0.25) is 5.95 Å². The largest absolute Gasteiger partial charge is 0.351 e. The van der Waals surface area contributed by atoms with E-state index in [4.69, 9.17) is 16.6 Å². The van der Waals surface area contributed by atoms with Gasteiger partial charge in [-0.3, -0.25) is 0 Å². The number of pyridine rings is 1. The van der Waals surface area contributed by atoms with E-state index in [0.29, 0.717) is 6.04 Å². The second-order valence-corrected chi connectivity index (χ2v) is 9.23. The highest BCUT2D eigenvalue weighted by Crippen LogP contribution is 2.27. The molecule has 5 nitrogen and oxygen atoms in total. The lowest BCUT2D eigenvalue weighted by atomic mass is 9.96. The number of nitrogens with one attached hydrogen (secondary N) is 2. The molecular formula is C24H28ClN5S. The van der Waals surface area contributed by atoms with Crippen LogP contribution in [-0.4, -0.2) is 21.0 Å². The van der Waals surface area contributed by atoms with Crippen molar-refractivity contribution in [2.24, 2.45) is 0 Å². The van der Waals surface area contributed by atoms with Gasteiger partial charge in [0.25, 0.3) is 0 Å². The third kappa shape index (κ3) is 6.34. The van der Waals surface area contributed by atoms with E-state index in [1.807, 2.05) is 49.6 Å². The summed E-state index contributed by atoms with van der Waals surface area (Å²) in [6, 6.07) is 12.4. The fourth-order valence-corrected chi connectivity index (χ4v) is 4.70. The first-order valence-electron chi connectivity index (χ1n) is 10.9. The Morgan fingerprint density at radius 3 is 2.52 bits per heavy atom. The summed E-state index contributed by atoms with van der Waals surface area (Å²) in [5.41, 5.74) is 3.41. The minimum absolute atomic E-state index is 0.525. The fourth-order valence-electron chi connectivity index (χ4n) is 3.81. The number of rotatable bonds is 8. The second-order valence-electron chi connectivity index (χ2n) is 7.97. The third-order valence-corrected chi connectivity index (χ3v) is 6.95. The smallest absolute Gasteiger partial charge is 0.222 e. The van der Waals surface area contributed by atoms with Crippen molar-refractivity contribution in [3.05, 3.63) is 70.6 Å². The van der Waals surface area contributed by atoms with E-state index < -0.39 is 0 Å². The van der Waals surface area contributed by atoms with E-state index in [0.717, 1.165) is 45.8 Å². The van der Waals surface area contributed by atoms with E-state index >= 15 is 0 Å². The van der Waals surface area contributed by atoms with Crippen LogP contribution in [0.1, 0.15) is 48.9 Å². The fraction of sp³-hybridized carbons (Fsp3) is 0.375. The Morgan fingerprint density at radius 2 is 1.77 bits per heavy atom. The highest BCUT2D eigenvalue weighted by molar-refractivity contribution is 8.00. The number of halogens is 1. The van der Waals surface area contributed by atoms with Gasteiger partial charge in [0.15, 0.2) is 0 Å². The van der Waals surface area contributed by atoms with Crippen LogP contribution < -0.4 is 10.0 Å². The van der Waals surface area contributed by atoms with Crippen molar-refractivity contribution < 1.29 is 0 Å². The molecule has 0 atom stereocenters. The molecule has 2 N–H and O–H groups in total. The molecular weight excluding hydrogens is 426 g/mol. The molecule has 1 aromatic carbocycles. The molecule has 2 aromatic heterocycles. The summed E-state index contributed by atoms with van der Waals surface area (Å²) in [5.74, 6) is 1.58. The molecule has 0 aliphatic heterocycles. The molecule has 0 saturated heterocycles. The van der Waals surface area contributed by atoms with E-state index in [-0.39, 0.29) is 0 Å². The van der Waals surface area contributed by atoms with Gasteiger partial charge in [-0.1, -0.05) is 49.1 Å². The topological polar surface area (TPSA) is 62.7 Å². The number of benzene rings is 1. The van der Waals surface area contributed by atoms with Crippen molar-refractivity contribution in [2.75, 3.05) is 10.0 Å². The van der Waals surface area contributed by atoms with E-state index in [1.165, 1.54) is 49.6 Å². The zero-order valence-electron chi connectivity index (χ0n) is 17.8. The average Bonchev–Trinajstić information content (AvgIpc) is 2.80. The summed E-state index contributed by atoms with van der Waals surface area (Å²) in [6.45, 7) is 2.05. The summed E-state index contributed by atoms with van der Waals surface area (Å²) in [7, 11) is 0. The normalized spacial score (nSPS) is 14.4. The van der Waals surface area contributed by atoms with Crippen LogP contribution in [-0.2, 0) is 12.8 Å². The van der Waals surface area contributed by atoms with Crippen molar-refractivity contribution in [3.8, 4) is 0 Å². The Bertz CT molecular complexity index is 990. The van der Waals surface area contributed by atoms with Crippen LogP contribution in [0.3, 0.4) is 0 Å². The first-order chi connectivity index (χ1) is 15.2. The summed E-state index contributed by atoms with van der Waals surface area (Å²) < 4.78 is 3.28. The average molecular weight is 454 g/mol. The minimum atomic E-state index is 0.525. The number of aryl methyl sites for hydroxylation is 3.